The number of esters is 1. The molecule has 2 aliphatic rings. The van der Waals surface area contributed by atoms with Gasteiger partial charge in [0.25, 0.3) is 0 Å². The molecule has 0 saturated heterocycles. The number of carbonyl (C=O) groups is 1. The number of hydrogen-bond acceptors (Lipinski definition) is 4. The van der Waals surface area contributed by atoms with E-state index >= 15 is 0 Å². The maximum absolute atomic E-state index is 12.4. The van der Waals surface area contributed by atoms with Crippen molar-refractivity contribution in [2.75, 3.05) is 7.11 Å². The second-order valence-electron chi connectivity index (χ2n) is 8.68. The number of nitrogens with one attached hydrogen (secondary N) is 1. The highest BCUT2D eigenvalue weighted by molar-refractivity contribution is 6.05. The molecule has 0 bridgehead atoms. The smallest absolute Gasteiger partial charge is 0.340 e. The molecule has 2 aromatic rings. The third-order valence-corrected chi connectivity index (χ3v) is 6.99. The van der Waals surface area contributed by atoms with Crippen molar-refractivity contribution in [2.45, 2.75) is 76.6 Å². The largest absolute Gasteiger partial charge is 0.465 e. The van der Waals surface area contributed by atoms with Crippen LogP contribution in [-0.2, 0) is 4.74 Å². The number of aromatic nitrogens is 1. The van der Waals surface area contributed by atoms with E-state index in [1.54, 1.807) is 0 Å². The number of para-hydroxylation sites is 1. The summed E-state index contributed by atoms with van der Waals surface area (Å²) in [5, 5.41) is 14.2. The van der Waals surface area contributed by atoms with Crippen LogP contribution >= 0.6 is 0 Å². The quantitative estimate of drug-likeness (QED) is 0.766. The topological polar surface area (TPSA) is 63.5 Å². The van der Waals surface area contributed by atoms with Gasteiger partial charge in [0.2, 0.25) is 0 Å². The van der Waals surface area contributed by atoms with Crippen LogP contribution in [0.25, 0.3) is 10.9 Å². The van der Waals surface area contributed by atoms with Gasteiger partial charge in [-0.3, -0.25) is 0 Å². The third-order valence-electron chi connectivity index (χ3n) is 6.99. The Kier molecular flexibility index (Phi) is 5.48. The van der Waals surface area contributed by atoms with Crippen LogP contribution in [0.4, 0.5) is 0 Å². The number of ether oxygens (including phenoxy) is 1. The van der Waals surface area contributed by atoms with E-state index in [9.17, 15) is 9.90 Å². The first-order valence-electron chi connectivity index (χ1n) is 10.6. The van der Waals surface area contributed by atoms with E-state index in [1.165, 1.54) is 32.8 Å². The Bertz CT molecular complexity index is 845. The Morgan fingerprint density at radius 3 is 2.50 bits per heavy atom. The van der Waals surface area contributed by atoms with Crippen molar-refractivity contribution in [3.63, 3.8) is 0 Å². The first kappa shape index (κ1) is 19.5. The minimum Gasteiger partial charge on any atom is -0.465 e. The Labute approximate surface area is 167 Å². The average molecular weight is 385 g/mol. The molecule has 2 fully saturated rings. The number of benzene rings is 1. The van der Waals surface area contributed by atoms with Crippen molar-refractivity contribution in [3.8, 4) is 0 Å². The maximum atomic E-state index is 12.4. The summed E-state index contributed by atoms with van der Waals surface area (Å²) >= 11 is 0. The second-order valence-corrected chi connectivity index (χ2v) is 8.68. The van der Waals surface area contributed by atoms with E-state index in [4.69, 9.17) is 4.74 Å². The fourth-order valence-electron chi connectivity index (χ4n) is 5.31. The molecule has 0 amide bonds. The number of rotatable bonds is 5. The Morgan fingerprint density at radius 2 is 1.86 bits per heavy atom. The number of nitrogens with zero attached hydrogens (tertiary/aromatic N) is 1. The molecule has 0 spiro atoms. The lowest BCUT2D eigenvalue weighted by Gasteiger charge is -2.39. The summed E-state index contributed by atoms with van der Waals surface area (Å²) in [6.45, 7) is 4.33. The summed E-state index contributed by atoms with van der Waals surface area (Å²) < 4.78 is 7.41. The lowest BCUT2D eigenvalue weighted by Crippen LogP contribution is -2.49. The van der Waals surface area contributed by atoms with Crippen molar-refractivity contribution in [2.24, 2.45) is 5.92 Å². The number of aliphatic hydroxyl groups is 1. The van der Waals surface area contributed by atoms with E-state index in [2.05, 4.69) is 22.9 Å². The van der Waals surface area contributed by atoms with Gasteiger partial charge in [-0.1, -0.05) is 18.2 Å². The van der Waals surface area contributed by atoms with Crippen LogP contribution in [-0.4, -0.2) is 40.9 Å². The SMILES string of the molecule is COC(=O)c1c(C)n([C@H](C)C2CCC(NC3CC(O)C3)CC2)c2ccccc12. The van der Waals surface area contributed by atoms with Gasteiger partial charge in [-0.25, -0.2) is 4.79 Å². The predicted octanol–water partition coefficient (Wildman–Crippen LogP) is 3.97. The average Bonchev–Trinajstić information content (AvgIpc) is 2.98. The van der Waals surface area contributed by atoms with E-state index in [0.717, 1.165) is 29.4 Å². The summed E-state index contributed by atoms with van der Waals surface area (Å²) in [7, 11) is 1.45. The molecule has 28 heavy (non-hydrogen) atoms. The Balaban J connectivity index is 1.51. The fourth-order valence-corrected chi connectivity index (χ4v) is 5.31. The van der Waals surface area contributed by atoms with Gasteiger partial charge in [-0.05, 0) is 64.4 Å². The lowest BCUT2D eigenvalue weighted by molar-refractivity contribution is 0.0533. The van der Waals surface area contributed by atoms with Crippen LogP contribution in [0.2, 0.25) is 0 Å². The summed E-state index contributed by atoms with van der Waals surface area (Å²) in [5.74, 6) is 0.347. The molecule has 4 rings (SSSR count). The molecule has 5 nitrogen and oxygen atoms in total. The van der Waals surface area contributed by atoms with E-state index in [1.807, 2.05) is 25.1 Å². The van der Waals surface area contributed by atoms with Gasteiger partial charge in [-0.2, -0.15) is 0 Å². The van der Waals surface area contributed by atoms with Gasteiger partial charge < -0.3 is 19.7 Å². The minimum atomic E-state index is -0.254. The Morgan fingerprint density at radius 1 is 1.18 bits per heavy atom. The van der Waals surface area contributed by atoms with Crippen LogP contribution in [0, 0.1) is 12.8 Å². The summed E-state index contributed by atoms with van der Waals surface area (Å²) in [6.07, 6.45) is 6.46. The molecule has 0 aliphatic heterocycles. The molecule has 0 radical (unpaired) electrons. The summed E-state index contributed by atoms with van der Waals surface area (Å²) in [6, 6.07) is 9.58. The zero-order valence-electron chi connectivity index (χ0n) is 17.1. The molecule has 1 aromatic heterocycles. The summed E-state index contributed by atoms with van der Waals surface area (Å²) in [4.78, 5) is 12.4. The van der Waals surface area contributed by atoms with Crippen LogP contribution in [0.1, 0.15) is 67.5 Å². The number of aliphatic hydroxyl groups excluding tert-OH is 1. The molecule has 0 unspecified atom stereocenters. The second kappa shape index (κ2) is 7.88. The van der Waals surface area contributed by atoms with Gasteiger partial charge in [0, 0.05) is 34.7 Å². The number of methoxy groups -OCH3 is 1. The van der Waals surface area contributed by atoms with Crippen molar-refractivity contribution in [1.29, 1.82) is 0 Å². The molecule has 1 aromatic carbocycles. The van der Waals surface area contributed by atoms with Crippen LogP contribution in [0.15, 0.2) is 24.3 Å². The van der Waals surface area contributed by atoms with E-state index < -0.39 is 0 Å². The van der Waals surface area contributed by atoms with E-state index in [-0.39, 0.29) is 12.1 Å². The van der Waals surface area contributed by atoms with Crippen LogP contribution in [0.5, 0.6) is 0 Å². The number of hydrogen-bond donors (Lipinski definition) is 2. The molecular weight excluding hydrogens is 352 g/mol. The monoisotopic (exact) mass is 384 g/mol. The van der Waals surface area contributed by atoms with E-state index in [0.29, 0.717) is 29.6 Å². The predicted molar refractivity (Wildman–Crippen MR) is 111 cm³/mol. The van der Waals surface area contributed by atoms with Crippen molar-refractivity contribution >= 4 is 16.9 Å². The van der Waals surface area contributed by atoms with Gasteiger partial charge in [-0.15, -0.1) is 0 Å². The minimum absolute atomic E-state index is 0.0946. The van der Waals surface area contributed by atoms with Gasteiger partial charge in [0.15, 0.2) is 0 Å². The first-order valence-corrected chi connectivity index (χ1v) is 10.6. The fraction of sp³-hybridized carbons (Fsp3) is 0.609. The van der Waals surface area contributed by atoms with Crippen LogP contribution < -0.4 is 5.32 Å². The molecule has 1 heterocycles. The summed E-state index contributed by atoms with van der Waals surface area (Å²) in [5.41, 5.74) is 2.82. The molecule has 2 N–H and O–H groups in total. The highest BCUT2D eigenvalue weighted by Gasteiger charge is 2.33. The first-order chi connectivity index (χ1) is 13.5. The van der Waals surface area contributed by atoms with Crippen molar-refractivity contribution < 1.29 is 14.6 Å². The molecule has 5 heteroatoms. The standard InChI is InChI=1S/C23H32N2O3/c1-14(16-8-10-17(11-9-16)24-18-12-19(26)13-18)25-15(2)22(23(27)28-3)20-6-4-5-7-21(20)25/h4-7,14,16-19,24,26H,8-13H2,1-3H3/t14-,16?,17?,18?,19?/m1/s1. The number of fused-ring (bicyclic) bond motifs is 1. The highest BCUT2D eigenvalue weighted by Crippen LogP contribution is 2.38. The van der Waals surface area contributed by atoms with Gasteiger partial charge in [0.1, 0.15) is 0 Å². The van der Waals surface area contributed by atoms with Crippen molar-refractivity contribution in [3.05, 3.63) is 35.5 Å². The van der Waals surface area contributed by atoms with Crippen molar-refractivity contribution in [1.82, 2.24) is 9.88 Å². The highest BCUT2D eigenvalue weighted by atomic mass is 16.5. The number of carbonyl (C=O) groups excluding carboxylic acids is 1. The van der Waals surface area contributed by atoms with Gasteiger partial charge >= 0.3 is 5.97 Å². The third kappa shape index (κ3) is 3.46. The molecular formula is C23H32N2O3. The van der Waals surface area contributed by atoms with Gasteiger partial charge in [0.05, 0.1) is 18.8 Å². The maximum Gasteiger partial charge on any atom is 0.340 e. The Hall–Kier alpha value is -1.85. The van der Waals surface area contributed by atoms with Crippen LogP contribution in [0.3, 0.4) is 0 Å². The molecule has 152 valence electrons. The molecule has 2 aliphatic carbocycles. The zero-order valence-corrected chi connectivity index (χ0v) is 17.1. The zero-order chi connectivity index (χ0) is 19.8. The lowest BCUT2D eigenvalue weighted by atomic mass is 9.80. The normalized spacial score (nSPS) is 28.7. The molecule has 1 atom stereocenters. The molecule has 2 saturated carbocycles.